The molecule has 0 aliphatic carbocycles. The standard InChI is InChI=1S/C12H18O7S/c1-6(13)16-4-9-11(18-7(2)14)12(19-8(3)15)10(20)5-17-9/h9-12,20H,4-5H2,1-3H3. The maximum absolute atomic E-state index is 11.2. The van der Waals surface area contributed by atoms with E-state index in [4.69, 9.17) is 18.9 Å². The third-order valence-corrected chi connectivity index (χ3v) is 3.05. The first-order chi connectivity index (χ1) is 9.31. The molecule has 4 unspecified atom stereocenters. The molecule has 7 nitrogen and oxygen atoms in total. The van der Waals surface area contributed by atoms with Gasteiger partial charge in [-0.3, -0.25) is 14.4 Å². The Morgan fingerprint density at radius 2 is 1.60 bits per heavy atom. The third kappa shape index (κ3) is 5.01. The average molecular weight is 306 g/mol. The van der Waals surface area contributed by atoms with Crippen LogP contribution in [0.2, 0.25) is 0 Å². The van der Waals surface area contributed by atoms with Gasteiger partial charge in [0.25, 0.3) is 0 Å². The lowest BCUT2D eigenvalue weighted by molar-refractivity contribution is -0.198. The summed E-state index contributed by atoms with van der Waals surface area (Å²) in [5, 5.41) is -0.433. The highest BCUT2D eigenvalue weighted by Crippen LogP contribution is 2.25. The summed E-state index contributed by atoms with van der Waals surface area (Å²) in [4.78, 5) is 33.2. The molecule has 1 fully saturated rings. The summed E-state index contributed by atoms with van der Waals surface area (Å²) < 4.78 is 20.6. The van der Waals surface area contributed by atoms with Crippen LogP contribution in [0.5, 0.6) is 0 Å². The SMILES string of the molecule is CC(=O)OCC1OCC(S)C(OC(C)=O)C1OC(C)=O. The Hall–Kier alpha value is -1.28. The molecule has 0 spiro atoms. The maximum Gasteiger partial charge on any atom is 0.303 e. The average Bonchev–Trinajstić information content (AvgIpc) is 2.31. The molecular weight excluding hydrogens is 288 g/mol. The summed E-state index contributed by atoms with van der Waals surface area (Å²) in [6, 6.07) is 0. The van der Waals surface area contributed by atoms with Crippen LogP contribution in [0.3, 0.4) is 0 Å². The summed E-state index contributed by atoms with van der Waals surface area (Å²) in [5.41, 5.74) is 0. The van der Waals surface area contributed by atoms with E-state index in [0.717, 1.165) is 0 Å². The summed E-state index contributed by atoms with van der Waals surface area (Å²) in [6.45, 7) is 3.84. The molecule has 0 amide bonds. The largest absolute Gasteiger partial charge is 0.463 e. The Kier molecular flexibility index (Phi) is 6.28. The van der Waals surface area contributed by atoms with Crippen molar-refractivity contribution in [2.24, 2.45) is 0 Å². The number of hydrogen-bond acceptors (Lipinski definition) is 8. The van der Waals surface area contributed by atoms with Gasteiger partial charge in [-0.2, -0.15) is 12.6 Å². The van der Waals surface area contributed by atoms with Crippen molar-refractivity contribution >= 4 is 30.5 Å². The molecule has 0 N–H and O–H groups in total. The summed E-state index contributed by atoms with van der Waals surface area (Å²) in [6.07, 6.45) is -2.32. The molecule has 4 atom stereocenters. The maximum atomic E-state index is 11.2. The molecule has 1 aliphatic heterocycles. The minimum Gasteiger partial charge on any atom is -0.463 e. The lowest BCUT2D eigenvalue weighted by Gasteiger charge is -2.39. The quantitative estimate of drug-likeness (QED) is 0.448. The monoisotopic (exact) mass is 306 g/mol. The van der Waals surface area contributed by atoms with Crippen LogP contribution in [0.15, 0.2) is 0 Å². The van der Waals surface area contributed by atoms with Gasteiger partial charge in [0.2, 0.25) is 0 Å². The number of rotatable bonds is 4. The molecule has 20 heavy (non-hydrogen) atoms. The Bertz CT molecular complexity index is 384. The van der Waals surface area contributed by atoms with Gasteiger partial charge >= 0.3 is 17.9 Å². The van der Waals surface area contributed by atoms with E-state index in [0.29, 0.717) is 0 Å². The molecule has 1 rings (SSSR count). The second kappa shape index (κ2) is 7.49. The second-order valence-electron chi connectivity index (χ2n) is 4.39. The summed E-state index contributed by atoms with van der Waals surface area (Å²) >= 11 is 4.26. The Morgan fingerprint density at radius 1 is 1.05 bits per heavy atom. The van der Waals surface area contributed by atoms with Gasteiger partial charge in [-0.15, -0.1) is 0 Å². The molecule has 0 radical (unpaired) electrons. The highest BCUT2D eigenvalue weighted by molar-refractivity contribution is 7.81. The first-order valence-electron chi connectivity index (χ1n) is 6.08. The molecule has 1 saturated heterocycles. The smallest absolute Gasteiger partial charge is 0.303 e. The first-order valence-corrected chi connectivity index (χ1v) is 6.60. The van der Waals surface area contributed by atoms with Crippen molar-refractivity contribution in [1.82, 2.24) is 0 Å². The Balaban J connectivity index is 2.83. The van der Waals surface area contributed by atoms with E-state index in [1.165, 1.54) is 20.8 Å². The molecule has 1 heterocycles. The van der Waals surface area contributed by atoms with E-state index in [2.05, 4.69) is 12.6 Å². The van der Waals surface area contributed by atoms with Gasteiger partial charge in [-0.05, 0) is 0 Å². The van der Waals surface area contributed by atoms with E-state index < -0.39 is 41.5 Å². The van der Waals surface area contributed by atoms with E-state index in [9.17, 15) is 14.4 Å². The molecule has 0 aromatic carbocycles. The number of thiol groups is 1. The predicted molar refractivity (Wildman–Crippen MR) is 70.3 cm³/mol. The highest BCUT2D eigenvalue weighted by Gasteiger charge is 2.44. The molecule has 0 bridgehead atoms. The minimum absolute atomic E-state index is 0.0917. The van der Waals surface area contributed by atoms with Crippen molar-refractivity contribution in [3.63, 3.8) is 0 Å². The van der Waals surface area contributed by atoms with Crippen LogP contribution < -0.4 is 0 Å². The minimum atomic E-state index is -0.869. The lowest BCUT2D eigenvalue weighted by Crippen LogP contribution is -2.56. The molecular formula is C12H18O7S. The number of carbonyl (C=O) groups is 3. The Labute approximate surface area is 122 Å². The van der Waals surface area contributed by atoms with Crippen molar-refractivity contribution in [3.8, 4) is 0 Å². The van der Waals surface area contributed by atoms with Crippen molar-refractivity contribution in [1.29, 1.82) is 0 Å². The van der Waals surface area contributed by atoms with Crippen LogP contribution in [-0.2, 0) is 33.3 Å². The fraction of sp³-hybridized carbons (Fsp3) is 0.750. The number of hydrogen-bond donors (Lipinski definition) is 1. The third-order valence-electron chi connectivity index (χ3n) is 2.61. The van der Waals surface area contributed by atoms with E-state index >= 15 is 0 Å². The molecule has 8 heteroatoms. The second-order valence-corrected chi connectivity index (χ2v) is 5.05. The highest BCUT2D eigenvalue weighted by atomic mass is 32.1. The van der Waals surface area contributed by atoms with Gasteiger partial charge in [0.1, 0.15) is 12.7 Å². The molecule has 0 saturated carbocycles. The van der Waals surface area contributed by atoms with Crippen LogP contribution in [0.1, 0.15) is 20.8 Å². The van der Waals surface area contributed by atoms with Crippen LogP contribution in [-0.4, -0.2) is 54.7 Å². The van der Waals surface area contributed by atoms with Crippen LogP contribution in [0, 0.1) is 0 Å². The first kappa shape index (κ1) is 16.8. The summed E-state index contributed by atoms with van der Waals surface area (Å²) in [7, 11) is 0. The van der Waals surface area contributed by atoms with E-state index in [1.807, 2.05) is 0 Å². The van der Waals surface area contributed by atoms with Crippen LogP contribution in [0.25, 0.3) is 0 Å². The number of carbonyl (C=O) groups excluding carboxylic acids is 3. The van der Waals surface area contributed by atoms with E-state index in [1.54, 1.807) is 0 Å². The molecule has 0 aromatic heterocycles. The lowest BCUT2D eigenvalue weighted by atomic mass is 10.0. The normalized spacial score (nSPS) is 29.4. The van der Waals surface area contributed by atoms with Crippen molar-refractivity contribution in [2.75, 3.05) is 13.2 Å². The fourth-order valence-electron chi connectivity index (χ4n) is 1.86. The zero-order valence-electron chi connectivity index (χ0n) is 11.5. The van der Waals surface area contributed by atoms with Crippen LogP contribution in [0.4, 0.5) is 0 Å². The molecule has 114 valence electrons. The van der Waals surface area contributed by atoms with Crippen molar-refractivity contribution < 1.29 is 33.3 Å². The Morgan fingerprint density at radius 3 is 2.10 bits per heavy atom. The zero-order valence-corrected chi connectivity index (χ0v) is 12.4. The zero-order chi connectivity index (χ0) is 15.3. The van der Waals surface area contributed by atoms with E-state index in [-0.39, 0.29) is 13.2 Å². The topological polar surface area (TPSA) is 88.1 Å². The predicted octanol–water partition coefficient (Wildman–Crippen LogP) is 0.110. The number of ether oxygens (including phenoxy) is 4. The van der Waals surface area contributed by atoms with Gasteiger partial charge in [-0.25, -0.2) is 0 Å². The molecule has 1 aliphatic rings. The van der Waals surface area contributed by atoms with Gasteiger partial charge in [0, 0.05) is 20.8 Å². The van der Waals surface area contributed by atoms with Crippen LogP contribution >= 0.6 is 12.6 Å². The van der Waals surface area contributed by atoms with Gasteiger partial charge < -0.3 is 18.9 Å². The van der Waals surface area contributed by atoms with Gasteiger partial charge in [-0.1, -0.05) is 0 Å². The van der Waals surface area contributed by atoms with Gasteiger partial charge in [0.15, 0.2) is 12.2 Å². The number of esters is 3. The molecule has 0 aromatic rings. The van der Waals surface area contributed by atoms with Gasteiger partial charge in [0.05, 0.1) is 11.9 Å². The van der Waals surface area contributed by atoms with Crippen molar-refractivity contribution in [2.45, 2.75) is 44.3 Å². The summed E-state index contributed by atoms with van der Waals surface area (Å²) in [5.74, 6) is -1.54. The fourth-order valence-corrected chi connectivity index (χ4v) is 2.17. The van der Waals surface area contributed by atoms with Crippen molar-refractivity contribution in [3.05, 3.63) is 0 Å².